The molecular weight excluding hydrogens is 196 g/mol. The van der Waals surface area contributed by atoms with E-state index < -0.39 is 0 Å². The molecule has 0 bridgehead atoms. The van der Waals surface area contributed by atoms with Crippen LogP contribution in [0.3, 0.4) is 0 Å². The second-order valence-electron chi connectivity index (χ2n) is 4.14. The lowest BCUT2D eigenvalue weighted by molar-refractivity contribution is -0.137. The highest BCUT2D eigenvalue weighted by atomic mass is 32.2. The van der Waals surface area contributed by atoms with Crippen LogP contribution in [0.5, 0.6) is 0 Å². The first-order valence-electron chi connectivity index (χ1n) is 5.35. The Morgan fingerprint density at radius 1 is 1.50 bits per heavy atom. The van der Waals surface area contributed by atoms with Crippen molar-refractivity contribution in [2.75, 3.05) is 18.8 Å². The normalized spacial score (nSPS) is 37.9. The van der Waals surface area contributed by atoms with Crippen LogP contribution < -0.4 is 5.32 Å². The van der Waals surface area contributed by atoms with Gasteiger partial charge in [0.2, 0.25) is 5.91 Å². The molecule has 0 radical (unpaired) electrons. The van der Waals surface area contributed by atoms with Gasteiger partial charge in [0, 0.05) is 23.6 Å². The average molecular weight is 214 g/mol. The summed E-state index contributed by atoms with van der Waals surface area (Å²) >= 11 is 1.97. The molecule has 0 aromatic carbocycles. The predicted molar refractivity (Wildman–Crippen MR) is 59.5 cm³/mol. The summed E-state index contributed by atoms with van der Waals surface area (Å²) in [4.78, 5) is 14.0. The Morgan fingerprint density at radius 3 is 2.79 bits per heavy atom. The summed E-state index contributed by atoms with van der Waals surface area (Å²) in [6, 6.07) is 0.511. The maximum Gasteiger partial charge on any atom is 0.240 e. The first kappa shape index (κ1) is 10.3. The van der Waals surface area contributed by atoms with E-state index in [1.54, 1.807) is 0 Å². The number of hydrogen-bond donors (Lipinski definition) is 1. The van der Waals surface area contributed by atoms with Gasteiger partial charge in [-0.15, -0.1) is 0 Å². The van der Waals surface area contributed by atoms with Gasteiger partial charge in [0.05, 0.1) is 6.04 Å². The third-order valence-corrected chi connectivity index (χ3v) is 4.63. The van der Waals surface area contributed by atoms with Crippen LogP contribution in [0.1, 0.15) is 20.3 Å². The van der Waals surface area contributed by atoms with E-state index in [-0.39, 0.29) is 6.04 Å². The Bertz CT molecular complexity index is 230. The summed E-state index contributed by atoms with van der Waals surface area (Å²) in [5.74, 6) is 1.40. The summed E-state index contributed by atoms with van der Waals surface area (Å²) < 4.78 is 0. The molecule has 3 nitrogen and oxygen atoms in total. The van der Waals surface area contributed by atoms with Gasteiger partial charge in [-0.2, -0.15) is 11.8 Å². The minimum atomic E-state index is 0.118. The molecule has 14 heavy (non-hydrogen) atoms. The number of carbonyl (C=O) groups excluding carboxylic acids is 1. The molecule has 0 aromatic heterocycles. The topological polar surface area (TPSA) is 32.3 Å². The van der Waals surface area contributed by atoms with Crippen molar-refractivity contribution in [2.24, 2.45) is 0 Å². The lowest BCUT2D eigenvalue weighted by Crippen LogP contribution is -2.59. The van der Waals surface area contributed by atoms with Gasteiger partial charge in [0.25, 0.3) is 0 Å². The van der Waals surface area contributed by atoms with E-state index in [9.17, 15) is 4.79 Å². The van der Waals surface area contributed by atoms with Gasteiger partial charge in [0.15, 0.2) is 0 Å². The standard InChI is InChI=1S/C10H18N2OS/c1-7-8(2)14-6-5-12(7)10(13)9-3-4-11-9/h7-9,11H,3-6H2,1-2H3/t7?,8?,9-/m1/s1. The van der Waals surface area contributed by atoms with Crippen molar-refractivity contribution in [3.8, 4) is 0 Å². The van der Waals surface area contributed by atoms with Crippen LogP contribution in [0.25, 0.3) is 0 Å². The van der Waals surface area contributed by atoms with Crippen LogP contribution >= 0.6 is 11.8 Å². The zero-order chi connectivity index (χ0) is 10.1. The maximum absolute atomic E-state index is 12.0. The molecule has 0 spiro atoms. The third kappa shape index (κ3) is 1.77. The SMILES string of the molecule is CC1SCCN(C(=O)[C@H]2CCN2)C1C. The molecule has 2 unspecified atom stereocenters. The van der Waals surface area contributed by atoms with Crippen molar-refractivity contribution >= 4 is 17.7 Å². The molecule has 2 aliphatic heterocycles. The fourth-order valence-electron chi connectivity index (χ4n) is 1.94. The van der Waals surface area contributed by atoms with Crippen molar-refractivity contribution in [3.05, 3.63) is 0 Å². The van der Waals surface area contributed by atoms with Crippen molar-refractivity contribution in [2.45, 2.75) is 37.6 Å². The lowest BCUT2D eigenvalue weighted by Gasteiger charge is -2.41. The number of carbonyl (C=O) groups is 1. The van der Waals surface area contributed by atoms with Crippen molar-refractivity contribution in [1.29, 1.82) is 0 Å². The highest BCUT2D eigenvalue weighted by Crippen LogP contribution is 2.25. The summed E-state index contributed by atoms with van der Waals surface area (Å²) in [7, 11) is 0. The Labute approximate surface area is 89.6 Å². The van der Waals surface area contributed by atoms with Gasteiger partial charge in [0.1, 0.15) is 0 Å². The van der Waals surface area contributed by atoms with Crippen LogP contribution in [0.2, 0.25) is 0 Å². The summed E-state index contributed by atoms with van der Waals surface area (Å²) in [6.45, 7) is 6.30. The summed E-state index contributed by atoms with van der Waals surface area (Å²) in [5, 5.41) is 3.76. The number of nitrogens with one attached hydrogen (secondary N) is 1. The summed E-state index contributed by atoms with van der Waals surface area (Å²) in [5.41, 5.74) is 0. The number of hydrogen-bond acceptors (Lipinski definition) is 3. The van der Waals surface area contributed by atoms with E-state index in [2.05, 4.69) is 24.1 Å². The van der Waals surface area contributed by atoms with Crippen LogP contribution in [0.4, 0.5) is 0 Å². The van der Waals surface area contributed by atoms with Crippen molar-refractivity contribution in [3.63, 3.8) is 0 Å². The molecule has 1 amide bonds. The fourth-order valence-corrected chi connectivity index (χ4v) is 3.04. The molecule has 2 fully saturated rings. The zero-order valence-corrected chi connectivity index (χ0v) is 9.64. The number of amides is 1. The number of rotatable bonds is 1. The molecule has 2 aliphatic rings. The minimum absolute atomic E-state index is 0.118. The molecule has 0 aromatic rings. The molecule has 1 N–H and O–H groups in total. The van der Waals surface area contributed by atoms with Crippen LogP contribution in [0, 0.1) is 0 Å². The molecule has 3 atom stereocenters. The van der Waals surface area contributed by atoms with Gasteiger partial charge in [-0.3, -0.25) is 4.79 Å². The van der Waals surface area contributed by atoms with Gasteiger partial charge in [-0.25, -0.2) is 0 Å². The van der Waals surface area contributed by atoms with E-state index >= 15 is 0 Å². The Hall–Kier alpha value is -0.220. The van der Waals surface area contributed by atoms with Crippen molar-refractivity contribution in [1.82, 2.24) is 10.2 Å². The van der Waals surface area contributed by atoms with Crippen LogP contribution in [-0.2, 0) is 4.79 Å². The Balaban J connectivity index is 1.97. The fraction of sp³-hybridized carbons (Fsp3) is 0.900. The molecule has 2 heterocycles. The predicted octanol–water partition coefficient (Wildman–Crippen LogP) is 0.701. The second-order valence-corrected chi connectivity index (χ2v) is 5.63. The van der Waals surface area contributed by atoms with Crippen LogP contribution in [-0.4, -0.2) is 47.0 Å². The minimum Gasteiger partial charge on any atom is -0.337 e. The molecule has 4 heteroatoms. The highest BCUT2D eigenvalue weighted by molar-refractivity contribution is 8.00. The molecule has 80 valence electrons. The maximum atomic E-state index is 12.0. The Kier molecular flexibility index (Phi) is 3.02. The van der Waals surface area contributed by atoms with E-state index in [0.717, 1.165) is 25.3 Å². The molecule has 0 aliphatic carbocycles. The second kappa shape index (κ2) is 4.11. The molecule has 2 rings (SSSR count). The number of thioether (sulfide) groups is 1. The lowest BCUT2D eigenvalue weighted by atomic mass is 10.0. The van der Waals surface area contributed by atoms with E-state index in [1.165, 1.54) is 0 Å². The zero-order valence-electron chi connectivity index (χ0n) is 8.82. The largest absolute Gasteiger partial charge is 0.337 e. The molecule has 2 saturated heterocycles. The highest BCUT2D eigenvalue weighted by Gasteiger charge is 2.34. The monoisotopic (exact) mass is 214 g/mol. The van der Waals surface area contributed by atoms with E-state index in [0.29, 0.717) is 17.2 Å². The van der Waals surface area contributed by atoms with E-state index in [4.69, 9.17) is 0 Å². The van der Waals surface area contributed by atoms with Crippen LogP contribution in [0.15, 0.2) is 0 Å². The van der Waals surface area contributed by atoms with Gasteiger partial charge in [-0.1, -0.05) is 6.92 Å². The number of nitrogens with zero attached hydrogens (tertiary/aromatic N) is 1. The Morgan fingerprint density at radius 2 is 2.21 bits per heavy atom. The van der Waals surface area contributed by atoms with Gasteiger partial charge < -0.3 is 10.2 Å². The average Bonchev–Trinajstić information content (AvgIpc) is 2.06. The summed E-state index contributed by atoms with van der Waals surface area (Å²) in [6.07, 6.45) is 1.02. The third-order valence-electron chi connectivity index (χ3n) is 3.29. The van der Waals surface area contributed by atoms with E-state index in [1.807, 2.05) is 11.8 Å². The van der Waals surface area contributed by atoms with Crippen molar-refractivity contribution < 1.29 is 4.79 Å². The quantitative estimate of drug-likeness (QED) is 0.697. The first-order chi connectivity index (χ1) is 6.70. The van der Waals surface area contributed by atoms with Gasteiger partial charge >= 0.3 is 0 Å². The molecular formula is C10H18N2OS. The molecule has 0 saturated carbocycles. The smallest absolute Gasteiger partial charge is 0.240 e. The van der Waals surface area contributed by atoms with Gasteiger partial charge in [-0.05, 0) is 19.9 Å². The first-order valence-corrected chi connectivity index (χ1v) is 6.40.